The van der Waals surface area contributed by atoms with Crippen molar-refractivity contribution in [1.82, 2.24) is 10.3 Å². The molecule has 0 spiro atoms. The minimum absolute atomic E-state index is 0.0191. The van der Waals surface area contributed by atoms with Gasteiger partial charge in [0.2, 0.25) is 0 Å². The third kappa shape index (κ3) is 5.20. The summed E-state index contributed by atoms with van der Waals surface area (Å²) in [6.07, 6.45) is 0. The standard InChI is InChI=1S/C15H14BrClN2O4S/c1-10-2-7-14(13(16)8-10)23-9-15(20)18-19-24(21,22)12-5-3-11(17)4-6-12/h2-8,19H,9H2,1H3,(H,18,20). The zero-order valence-corrected chi connectivity index (χ0v) is 15.7. The van der Waals surface area contributed by atoms with Crippen LogP contribution in [-0.2, 0) is 14.8 Å². The lowest BCUT2D eigenvalue weighted by atomic mass is 10.2. The molecule has 2 rings (SSSR count). The molecule has 2 aromatic rings. The fourth-order valence-corrected chi connectivity index (χ4v) is 3.29. The molecule has 0 aliphatic carbocycles. The third-order valence-corrected chi connectivity index (χ3v) is 5.03. The quantitative estimate of drug-likeness (QED) is 0.686. The maximum atomic E-state index is 12.0. The Labute approximate surface area is 153 Å². The van der Waals surface area contributed by atoms with Gasteiger partial charge in [0.15, 0.2) is 6.61 Å². The maximum Gasteiger partial charge on any atom is 0.272 e. The lowest BCUT2D eigenvalue weighted by molar-refractivity contribution is -0.123. The van der Waals surface area contributed by atoms with E-state index in [9.17, 15) is 13.2 Å². The van der Waals surface area contributed by atoms with Crippen molar-refractivity contribution in [1.29, 1.82) is 0 Å². The molecular weight excluding hydrogens is 420 g/mol. The first-order valence-electron chi connectivity index (χ1n) is 6.73. The first kappa shape index (κ1) is 18.7. The molecule has 0 heterocycles. The monoisotopic (exact) mass is 432 g/mol. The van der Waals surface area contributed by atoms with Gasteiger partial charge in [0.05, 0.1) is 9.37 Å². The predicted octanol–water partition coefficient (Wildman–Crippen LogP) is 2.80. The average molecular weight is 434 g/mol. The lowest BCUT2D eigenvalue weighted by Crippen LogP contribution is -2.43. The van der Waals surface area contributed by atoms with Crippen molar-refractivity contribution in [3.05, 3.63) is 57.5 Å². The third-order valence-electron chi connectivity index (χ3n) is 2.89. The van der Waals surface area contributed by atoms with Crippen LogP contribution in [0.5, 0.6) is 5.75 Å². The highest BCUT2D eigenvalue weighted by molar-refractivity contribution is 9.10. The van der Waals surface area contributed by atoms with Crippen molar-refractivity contribution in [2.45, 2.75) is 11.8 Å². The van der Waals surface area contributed by atoms with Gasteiger partial charge in [-0.2, -0.15) is 0 Å². The molecule has 0 aliphatic heterocycles. The number of ether oxygens (including phenoxy) is 1. The van der Waals surface area contributed by atoms with Crippen LogP contribution in [0.3, 0.4) is 0 Å². The highest BCUT2D eigenvalue weighted by atomic mass is 79.9. The number of sulfonamides is 1. The van der Waals surface area contributed by atoms with E-state index in [1.807, 2.05) is 23.9 Å². The van der Waals surface area contributed by atoms with Crippen molar-refractivity contribution >= 4 is 43.5 Å². The Balaban J connectivity index is 1.89. The summed E-state index contributed by atoms with van der Waals surface area (Å²) >= 11 is 9.03. The van der Waals surface area contributed by atoms with Gasteiger partial charge in [0.25, 0.3) is 15.9 Å². The number of amides is 1. The normalized spacial score (nSPS) is 11.1. The van der Waals surface area contributed by atoms with Crippen LogP contribution >= 0.6 is 27.5 Å². The van der Waals surface area contributed by atoms with E-state index < -0.39 is 15.9 Å². The second kappa shape index (κ2) is 7.98. The smallest absolute Gasteiger partial charge is 0.272 e. The maximum absolute atomic E-state index is 12.0. The van der Waals surface area contributed by atoms with Gasteiger partial charge in [-0.3, -0.25) is 10.2 Å². The van der Waals surface area contributed by atoms with Gasteiger partial charge < -0.3 is 4.74 Å². The molecule has 9 heteroatoms. The molecule has 0 aliphatic rings. The molecule has 0 saturated heterocycles. The number of aryl methyl sites for hydroxylation is 1. The van der Waals surface area contributed by atoms with Crippen LogP contribution in [0.25, 0.3) is 0 Å². The second-order valence-electron chi connectivity index (χ2n) is 4.83. The number of nitrogens with one attached hydrogen (secondary N) is 2. The zero-order chi connectivity index (χ0) is 17.7. The topological polar surface area (TPSA) is 84.5 Å². The van der Waals surface area contributed by atoms with E-state index in [4.69, 9.17) is 16.3 Å². The Bertz CT molecular complexity index is 841. The van der Waals surface area contributed by atoms with Gasteiger partial charge in [0, 0.05) is 5.02 Å². The van der Waals surface area contributed by atoms with Crippen LogP contribution in [0.4, 0.5) is 0 Å². The van der Waals surface area contributed by atoms with E-state index >= 15 is 0 Å². The summed E-state index contributed by atoms with van der Waals surface area (Å²) < 4.78 is 30.0. The van der Waals surface area contributed by atoms with Crippen molar-refractivity contribution in [3.8, 4) is 5.75 Å². The number of rotatable bonds is 6. The molecule has 6 nitrogen and oxygen atoms in total. The fraction of sp³-hybridized carbons (Fsp3) is 0.133. The highest BCUT2D eigenvalue weighted by Gasteiger charge is 2.15. The Kier molecular flexibility index (Phi) is 6.22. The highest BCUT2D eigenvalue weighted by Crippen LogP contribution is 2.25. The summed E-state index contributed by atoms with van der Waals surface area (Å²) in [5.74, 6) is -0.156. The number of hydrogen-bond acceptors (Lipinski definition) is 4. The first-order chi connectivity index (χ1) is 11.3. The molecule has 0 bridgehead atoms. The Morgan fingerprint density at radius 2 is 1.88 bits per heavy atom. The van der Waals surface area contributed by atoms with Crippen molar-refractivity contribution in [2.24, 2.45) is 0 Å². The molecule has 24 heavy (non-hydrogen) atoms. The summed E-state index contributed by atoms with van der Waals surface area (Å²) in [6, 6.07) is 10.9. The second-order valence-corrected chi connectivity index (χ2v) is 7.80. The molecule has 0 radical (unpaired) electrons. The molecule has 0 atom stereocenters. The van der Waals surface area contributed by atoms with Gasteiger partial charge in [-0.1, -0.05) is 17.7 Å². The van der Waals surface area contributed by atoms with Gasteiger partial charge in [-0.25, -0.2) is 8.42 Å². The van der Waals surface area contributed by atoms with E-state index in [-0.39, 0.29) is 11.5 Å². The minimum Gasteiger partial charge on any atom is -0.483 e. The molecule has 2 N–H and O–H groups in total. The molecule has 0 saturated carbocycles. The van der Waals surface area contributed by atoms with E-state index in [1.165, 1.54) is 24.3 Å². The average Bonchev–Trinajstić information content (AvgIpc) is 2.52. The van der Waals surface area contributed by atoms with E-state index in [2.05, 4.69) is 21.4 Å². The van der Waals surface area contributed by atoms with E-state index in [1.54, 1.807) is 6.07 Å². The van der Waals surface area contributed by atoms with Gasteiger partial charge >= 0.3 is 0 Å². The van der Waals surface area contributed by atoms with Crippen LogP contribution in [0, 0.1) is 6.92 Å². The van der Waals surface area contributed by atoms with E-state index in [0.717, 1.165) is 5.56 Å². The molecular formula is C15H14BrClN2O4S. The fourth-order valence-electron chi connectivity index (χ4n) is 1.70. The largest absolute Gasteiger partial charge is 0.483 e. The number of halogens is 2. The van der Waals surface area contributed by atoms with Crippen LogP contribution in [0.2, 0.25) is 5.02 Å². The van der Waals surface area contributed by atoms with Crippen LogP contribution < -0.4 is 15.0 Å². The number of hydrogen-bond donors (Lipinski definition) is 2. The Morgan fingerprint density at radius 3 is 2.50 bits per heavy atom. The number of carbonyl (C=O) groups excluding carboxylic acids is 1. The molecule has 0 unspecified atom stereocenters. The Hall–Kier alpha value is -1.61. The van der Waals surface area contributed by atoms with Gasteiger partial charge in [0.1, 0.15) is 5.75 Å². The van der Waals surface area contributed by atoms with Crippen molar-refractivity contribution in [2.75, 3.05) is 6.61 Å². The zero-order valence-electron chi connectivity index (χ0n) is 12.5. The van der Waals surface area contributed by atoms with Gasteiger partial charge in [-0.05, 0) is 64.8 Å². The SMILES string of the molecule is Cc1ccc(OCC(=O)NNS(=O)(=O)c2ccc(Cl)cc2)c(Br)c1. The van der Waals surface area contributed by atoms with Crippen molar-refractivity contribution in [3.63, 3.8) is 0 Å². The Morgan fingerprint density at radius 1 is 1.21 bits per heavy atom. The summed E-state index contributed by atoms with van der Waals surface area (Å²) in [7, 11) is -3.87. The van der Waals surface area contributed by atoms with E-state index in [0.29, 0.717) is 15.2 Å². The van der Waals surface area contributed by atoms with Crippen molar-refractivity contribution < 1.29 is 17.9 Å². The number of benzene rings is 2. The summed E-state index contributed by atoms with van der Waals surface area (Å²) in [5, 5.41) is 0.412. The first-order valence-corrected chi connectivity index (χ1v) is 9.38. The molecule has 128 valence electrons. The number of hydrazine groups is 1. The summed E-state index contributed by atoms with van der Waals surface area (Å²) in [4.78, 5) is 13.7. The number of carbonyl (C=O) groups is 1. The lowest BCUT2D eigenvalue weighted by Gasteiger charge is -2.10. The van der Waals surface area contributed by atoms with Crippen LogP contribution in [-0.4, -0.2) is 20.9 Å². The molecule has 1 amide bonds. The van der Waals surface area contributed by atoms with Crippen LogP contribution in [0.15, 0.2) is 51.8 Å². The predicted molar refractivity (Wildman–Crippen MR) is 94.3 cm³/mol. The molecule has 2 aromatic carbocycles. The van der Waals surface area contributed by atoms with Crippen LogP contribution in [0.1, 0.15) is 5.56 Å². The summed E-state index contributed by atoms with van der Waals surface area (Å²) in [6.45, 7) is 1.58. The molecule has 0 aromatic heterocycles. The summed E-state index contributed by atoms with van der Waals surface area (Å²) in [5.41, 5.74) is 3.12. The van der Waals surface area contributed by atoms with Gasteiger partial charge in [-0.15, -0.1) is 4.83 Å². The molecule has 0 fully saturated rings. The minimum atomic E-state index is -3.87.